The maximum absolute atomic E-state index is 13.5. The van der Waals surface area contributed by atoms with E-state index >= 15 is 0 Å². The van der Waals surface area contributed by atoms with Crippen LogP contribution in [0.15, 0.2) is 18.2 Å². The molecule has 0 saturated carbocycles. The van der Waals surface area contributed by atoms with E-state index in [1.54, 1.807) is 0 Å². The van der Waals surface area contributed by atoms with Crippen molar-refractivity contribution in [2.45, 2.75) is 26.2 Å². The second kappa shape index (κ2) is 8.47. The maximum atomic E-state index is 13.5. The van der Waals surface area contributed by atoms with Crippen molar-refractivity contribution < 1.29 is 18.7 Å². The van der Waals surface area contributed by atoms with E-state index in [1.807, 2.05) is 6.92 Å². The van der Waals surface area contributed by atoms with Crippen LogP contribution in [0.4, 0.5) is 19.3 Å². The van der Waals surface area contributed by atoms with Crippen LogP contribution in [0.2, 0.25) is 0 Å². The number of hydrogen-bond acceptors (Lipinski definition) is 2. The number of aliphatic hydroxyl groups excluding tert-OH is 1. The van der Waals surface area contributed by atoms with Gasteiger partial charge in [-0.15, -0.1) is 0 Å². The van der Waals surface area contributed by atoms with Gasteiger partial charge in [0.25, 0.3) is 0 Å². The molecule has 0 saturated heterocycles. The van der Waals surface area contributed by atoms with Gasteiger partial charge in [-0.05, 0) is 18.6 Å². The SMILES string of the molecule is CCCCCN(CCO)C(=O)Nc1cccc(F)c1F. The number of anilines is 1. The Kier molecular flexibility index (Phi) is 6.93. The van der Waals surface area contributed by atoms with Crippen LogP contribution >= 0.6 is 0 Å². The van der Waals surface area contributed by atoms with E-state index < -0.39 is 17.7 Å². The molecule has 1 aromatic carbocycles. The van der Waals surface area contributed by atoms with E-state index in [4.69, 9.17) is 5.11 Å². The largest absolute Gasteiger partial charge is 0.395 e. The van der Waals surface area contributed by atoms with Crippen LogP contribution in [0, 0.1) is 11.6 Å². The molecule has 0 fully saturated rings. The van der Waals surface area contributed by atoms with Crippen LogP contribution in [-0.2, 0) is 0 Å². The van der Waals surface area contributed by atoms with Crippen molar-refractivity contribution in [1.82, 2.24) is 4.90 Å². The monoisotopic (exact) mass is 286 g/mol. The number of benzene rings is 1. The standard InChI is InChI=1S/C14H20F2N2O2/c1-2-3-4-8-18(9-10-19)14(20)17-12-7-5-6-11(15)13(12)16/h5-7,19H,2-4,8-10H2,1H3,(H,17,20). The lowest BCUT2D eigenvalue weighted by Gasteiger charge is -2.22. The number of nitrogens with zero attached hydrogens (tertiary/aromatic N) is 1. The van der Waals surface area contributed by atoms with Gasteiger partial charge in [0.05, 0.1) is 12.3 Å². The average Bonchev–Trinajstić information content (AvgIpc) is 2.43. The van der Waals surface area contributed by atoms with Gasteiger partial charge >= 0.3 is 6.03 Å². The molecule has 2 N–H and O–H groups in total. The zero-order valence-electron chi connectivity index (χ0n) is 11.5. The molecule has 1 rings (SSSR count). The fraction of sp³-hybridized carbons (Fsp3) is 0.500. The van der Waals surface area contributed by atoms with Gasteiger partial charge < -0.3 is 15.3 Å². The molecule has 20 heavy (non-hydrogen) atoms. The number of amides is 2. The Morgan fingerprint density at radius 3 is 2.70 bits per heavy atom. The van der Waals surface area contributed by atoms with Crippen LogP contribution in [-0.4, -0.2) is 35.7 Å². The zero-order chi connectivity index (χ0) is 15.0. The Morgan fingerprint density at radius 1 is 1.30 bits per heavy atom. The van der Waals surface area contributed by atoms with Crippen molar-refractivity contribution in [3.63, 3.8) is 0 Å². The number of carbonyl (C=O) groups is 1. The number of rotatable bonds is 7. The fourth-order valence-corrected chi connectivity index (χ4v) is 1.78. The van der Waals surface area contributed by atoms with Crippen molar-refractivity contribution >= 4 is 11.7 Å². The number of carbonyl (C=O) groups excluding carboxylic acids is 1. The lowest BCUT2D eigenvalue weighted by Crippen LogP contribution is -2.38. The first-order valence-corrected chi connectivity index (χ1v) is 6.71. The third-order valence-electron chi connectivity index (χ3n) is 2.88. The molecule has 112 valence electrons. The van der Waals surface area contributed by atoms with E-state index in [0.29, 0.717) is 6.54 Å². The Balaban J connectivity index is 2.67. The van der Waals surface area contributed by atoms with Gasteiger partial charge in [-0.25, -0.2) is 13.6 Å². The third kappa shape index (κ3) is 4.77. The minimum Gasteiger partial charge on any atom is -0.395 e. The average molecular weight is 286 g/mol. The summed E-state index contributed by atoms with van der Waals surface area (Å²) in [5, 5.41) is 11.3. The molecule has 0 bridgehead atoms. The molecule has 0 unspecified atom stereocenters. The van der Waals surface area contributed by atoms with E-state index in [2.05, 4.69) is 5.32 Å². The quantitative estimate of drug-likeness (QED) is 0.757. The van der Waals surface area contributed by atoms with Gasteiger partial charge in [0.2, 0.25) is 0 Å². The minimum absolute atomic E-state index is 0.159. The molecule has 0 radical (unpaired) electrons. The summed E-state index contributed by atoms with van der Waals surface area (Å²) >= 11 is 0. The number of unbranched alkanes of at least 4 members (excludes halogenated alkanes) is 2. The lowest BCUT2D eigenvalue weighted by atomic mass is 10.2. The lowest BCUT2D eigenvalue weighted by molar-refractivity contribution is 0.187. The third-order valence-corrected chi connectivity index (χ3v) is 2.88. The first-order valence-electron chi connectivity index (χ1n) is 6.71. The summed E-state index contributed by atoms with van der Waals surface area (Å²) in [6.07, 6.45) is 2.77. The predicted molar refractivity (Wildman–Crippen MR) is 73.6 cm³/mol. The maximum Gasteiger partial charge on any atom is 0.322 e. The van der Waals surface area contributed by atoms with Crippen LogP contribution in [0.1, 0.15) is 26.2 Å². The molecule has 6 heteroatoms. The van der Waals surface area contributed by atoms with Crippen molar-refractivity contribution in [3.8, 4) is 0 Å². The Bertz CT molecular complexity index is 441. The Morgan fingerprint density at radius 2 is 2.05 bits per heavy atom. The number of nitrogens with one attached hydrogen (secondary N) is 1. The summed E-state index contributed by atoms with van der Waals surface area (Å²) in [6.45, 7) is 2.49. The molecule has 4 nitrogen and oxygen atoms in total. The molecule has 1 aromatic rings. The molecular formula is C14H20F2N2O2. The normalized spacial score (nSPS) is 10.4. The van der Waals surface area contributed by atoms with Gasteiger partial charge in [-0.1, -0.05) is 25.8 Å². The Hall–Kier alpha value is -1.69. The van der Waals surface area contributed by atoms with E-state index in [1.165, 1.54) is 17.0 Å². The van der Waals surface area contributed by atoms with Gasteiger partial charge in [0.15, 0.2) is 11.6 Å². The van der Waals surface area contributed by atoms with Crippen LogP contribution in [0.3, 0.4) is 0 Å². The van der Waals surface area contributed by atoms with Crippen LogP contribution < -0.4 is 5.32 Å². The summed E-state index contributed by atoms with van der Waals surface area (Å²) in [5.74, 6) is -2.10. The van der Waals surface area contributed by atoms with E-state index in [9.17, 15) is 13.6 Å². The summed E-state index contributed by atoms with van der Waals surface area (Å²) in [6, 6.07) is 3.05. The van der Waals surface area contributed by atoms with Gasteiger partial charge in [0.1, 0.15) is 0 Å². The summed E-state index contributed by atoms with van der Waals surface area (Å²) < 4.78 is 26.5. The minimum atomic E-state index is -1.08. The number of aliphatic hydroxyl groups is 1. The van der Waals surface area contributed by atoms with E-state index in [-0.39, 0.29) is 18.8 Å². The zero-order valence-corrected chi connectivity index (χ0v) is 11.5. The van der Waals surface area contributed by atoms with Gasteiger partial charge in [-0.2, -0.15) is 0 Å². The van der Waals surface area contributed by atoms with E-state index in [0.717, 1.165) is 25.3 Å². The van der Waals surface area contributed by atoms with Crippen molar-refractivity contribution in [2.75, 3.05) is 25.0 Å². The first-order chi connectivity index (χ1) is 9.60. The number of urea groups is 1. The molecule has 0 aliphatic carbocycles. The topological polar surface area (TPSA) is 52.6 Å². The summed E-state index contributed by atoms with van der Waals surface area (Å²) in [4.78, 5) is 13.4. The first kappa shape index (κ1) is 16.4. The molecule has 2 amide bonds. The van der Waals surface area contributed by atoms with Crippen molar-refractivity contribution in [3.05, 3.63) is 29.8 Å². The molecule has 0 aromatic heterocycles. The second-order valence-electron chi connectivity index (χ2n) is 4.45. The van der Waals surface area contributed by atoms with Gasteiger partial charge in [0, 0.05) is 13.1 Å². The van der Waals surface area contributed by atoms with Crippen LogP contribution in [0.25, 0.3) is 0 Å². The highest BCUT2D eigenvalue weighted by Gasteiger charge is 2.15. The molecule has 0 aliphatic heterocycles. The molecule has 0 atom stereocenters. The second-order valence-corrected chi connectivity index (χ2v) is 4.45. The fourth-order valence-electron chi connectivity index (χ4n) is 1.78. The van der Waals surface area contributed by atoms with Gasteiger partial charge in [-0.3, -0.25) is 0 Å². The summed E-state index contributed by atoms with van der Waals surface area (Å²) in [5.41, 5.74) is -0.201. The highest BCUT2D eigenvalue weighted by atomic mass is 19.2. The molecule has 0 aliphatic rings. The summed E-state index contributed by atoms with van der Waals surface area (Å²) in [7, 11) is 0. The van der Waals surface area contributed by atoms with Crippen molar-refractivity contribution in [2.24, 2.45) is 0 Å². The molecule has 0 spiro atoms. The smallest absolute Gasteiger partial charge is 0.322 e. The number of halogens is 2. The predicted octanol–water partition coefficient (Wildman–Crippen LogP) is 2.98. The highest BCUT2D eigenvalue weighted by molar-refractivity contribution is 5.89. The molecular weight excluding hydrogens is 266 g/mol. The van der Waals surface area contributed by atoms with Crippen LogP contribution in [0.5, 0.6) is 0 Å². The Labute approximate surface area is 117 Å². The number of hydrogen-bond donors (Lipinski definition) is 2. The van der Waals surface area contributed by atoms with Crippen molar-refractivity contribution in [1.29, 1.82) is 0 Å². The molecule has 0 heterocycles. The highest BCUT2D eigenvalue weighted by Crippen LogP contribution is 2.17.